The quantitative estimate of drug-likeness (QED) is 0.670. The molecule has 1 atom stereocenters. The molecular formula is C7H18N2O2S. The average molecular weight is 194 g/mol. The van der Waals surface area contributed by atoms with E-state index in [1.165, 1.54) is 4.31 Å². The Hall–Kier alpha value is -0.130. The molecule has 0 fully saturated rings. The fraction of sp³-hybridized carbons (Fsp3) is 1.00. The summed E-state index contributed by atoms with van der Waals surface area (Å²) in [6.07, 6.45) is 0.643. The molecule has 0 amide bonds. The molecule has 74 valence electrons. The molecule has 0 saturated carbocycles. The van der Waals surface area contributed by atoms with Gasteiger partial charge in [0.25, 0.3) is 0 Å². The minimum atomic E-state index is -3.07. The summed E-state index contributed by atoms with van der Waals surface area (Å²) in [5.74, 6) is 0.202. The van der Waals surface area contributed by atoms with Crippen molar-refractivity contribution in [3.63, 3.8) is 0 Å². The largest absolute Gasteiger partial charge is 0.329 e. The van der Waals surface area contributed by atoms with Gasteiger partial charge >= 0.3 is 0 Å². The van der Waals surface area contributed by atoms with Gasteiger partial charge in [-0.25, -0.2) is 12.7 Å². The lowest BCUT2D eigenvalue weighted by molar-refractivity contribution is 0.394. The summed E-state index contributed by atoms with van der Waals surface area (Å²) in [5, 5.41) is 0. The summed E-state index contributed by atoms with van der Waals surface area (Å²) in [5.41, 5.74) is 5.36. The number of nitrogens with two attached hydrogens (primary N) is 1. The summed E-state index contributed by atoms with van der Waals surface area (Å²) < 4.78 is 24.1. The van der Waals surface area contributed by atoms with Crippen molar-refractivity contribution < 1.29 is 8.42 Å². The predicted octanol–water partition coefficient (Wildman–Crippen LogP) is 0.00520. The van der Waals surface area contributed by atoms with Gasteiger partial charge in [0.1, 0.15) is 0 Å². The van der Waals surface area contributed by atoms with E-state index in [4.69, 9.17) is 5.73 Å². The lowest BCUT2D eigenvalue weighted by Gasteiger charge is -2.22. The zero-order valence-electron chi connectivity index (χ0n) is 7.95. The van der Waals surface area contributed by atoms with Gasteiger partial charge in [0.05, 0.1) is 5.75 Å². The summed E-state index contributed by atoms with van der Waals surface area (Å²) in [4.78, 5) is 0. The zero-order valence-corrected chi connectivity index (χ0v) is 8.76. The molecule has 12 heavy (non-hydrogen) atoms. The highest BCUT2D eigenvalue weighted by atomic mass is 32.2. The van der Waals surface area contributed by atoms with Crippen LogP contribution in [0, 0.1) is 0 Å². The van der Waals surface area contributed by atoms with Crippen molar-refractivity contribution in [1.29, 1.82) is 0 Å². The maximum Gasteiger partial charge on any atom is 0.214 e. The minimum Gasteiger partial charge on any atom is -0.329 e. The number of rotatable bonds is 5. The third-order valence-electron chi connectivity index (χ3n) is 1.86. The first-order valence-electron chi connectivity index (χ1n) is 4.11. The number of hydrogen-bond donors (Lipinski definition) is 1. The van der Waals surface area contributed by atoms with Crippen LogP contribution in [0.25, 0.3) is 0 Å². The Balaban J connectivity index is 4.35. The van der Waals surface area contributed by atoms with Crippen LogP contribution in [-0.4, -0.2) is 38.1 Å². The second-order valence-corrected chi connectivity index (χ2v) is 5.06. The van der Waals surface area contributed by atoms with Crippen molar-refractivity contribution in [2.24, 2.45) is 5.73 Å². The van der Waals surface area contributed by atoms with E-state index in [0.29, 0.717) is 13.0 Å². The molecule has 4 nitrogen and oxygen atoms in total. The van der Waals surface area contributed by atoms with Gasteiger partial charge in [-0.3, -0.25) is 0 Å². The molecular weight excluding hydrogens is 176 g/mol. The van der Waals surface area contributed by atoms with Crippen LogP contribution < -0.4 is 5.73 Å². The van der Waals surface area contributed by atoms with Crippen LogP contribution in [0.1, 0.15) is 20.3 Å². The first-order valence-corrected chi connectivity index (χ1v) is 5.72. The normalized spacial score (nSPS) is 15.1. The maximum absolute atomic E-state index is 11.4. The number of likely N-dealkylation sites (N-methyl/N-ethyl adjacent to an activating group) is 1. The minimum absolute atomic E-state index is 0.110. The monoisotopic (exact) mass is 194 g/mol. The Morgan fingerprint density at radius 3 is 2.33 bits per heavy atom. The Morgan fingerprint density at radius 2 is 2.00 bits per heavy atom. The molecule has 5 heteroatoms. The van der Waals surface area contributed by atoms with Gasteiger partial charge in [-0.1, -0.05) is 6.92 Å². The van der Waals surface area contributed by atoms with Crippen molar-refractivity contribution >= 4 is 10.0 Å². The van der Waals surface area contributed by atoms with Gasteiger partial charge < -0.3 is 5.73 Å². The van der Waals surface area contributed by atoms with E-state index in [1.807, 2.05) is 6.92 Å². The topological polar surface area (TPSA) is 63.4 Å². The highest BCUT2D eigenvalue weighted by molar-refractivity contribution is 7.89. The van der Waals surface area contributed by atoms with Crippen molar-refractivity contribution in [2.75, 3.05) is 19.3 Å². The van der Waals surface area contributed by atoms with Crippen LogP contribution >= 0.6 is 0 Å². The van der Waals surface area contributed by atoms with Gasteiger partial charge in [-0.15, -0.1) is 0 Å². The molecule has 0 aliphatic carbocycles. The summed E-state index contributed by atoms with van der Waals surface area (Å²) >= 11 is 0. The summed E-state index contributed by atoms with van der Waals surface area (Å²) in [6.45, 7) is 4.01. The van der Waals surface area contributed by atoms with Crippen LogP contribution in [-0.2, 0) is 10.0 Å². The maximum atomic E-state index is 11.4. The van der Waals surface area contributed by atoms with Crippen LogP contribution in [0.3, 0.4) is 0 Å². The van der Waals surface area contributed by atoms with Gasteiger partial charge in [0, 0.05) is 19.6 Å². The first-order chi connectivity index (χ1) is 5.45. The molecule has 0 aromatic carbocycles. The third-order valence-corrected chi connectivity index (χ3v) is 4.02. The van der Waals surface area contributed by atoms with Gasteiger partial charge in [-0.05, 0) is 13.3 Å². The molecule has 0 heterocycles. The number of nitrogens with zero attached hydrogens (tertiary/aromatic N) is 1. The van der Waals surface area contributed by atoms with Crippen LogP contribution in [0.2, 0.25) is 0 Å². The molecule has 2 N–H and O–H groups in total. The molecule has 0 spiro atoms. The highest BCUT2D eigenvalue weighted by Gasteiger charge is 2.20. The molecule has 0 aromatic heterocycles. The Labute approximate surface area is 74.8 Å². The number of sulfonamides is 1. The number of hydrogen-bond acceptors (Lipinski definition) is 3. The Bertz CT molecular complexity index is 213. The molecule has 0 bridgehead atoms. The van der Waals surface area contributed by atoms with E-state index in [0.717, 1.165) is 0 Å². The molecule has 0 aliphatic rings. The van der Waals surface area contributed by atoms with Gasteiger partial charge in [-0.2, -0.15) is 0 Å². The molecule has 0 aromatic rings. The van der Waals surface area contributed by atoms with Crippen molar-refractivity contribution in [2.45, 2.75) is 26.3 Å². The average Bonchev–Trinajstić information content (AvgIpc) is 2.01. The van der Waals surface area contributed by atoms with E-state index in [-0.39, 0.29) is 11.8 Å². The second kappa shape index (κ2) is 4.79. The summed E-state index contributed by atoms with van der Waals surface area (Å²) in [6, 6.07) is -0.110. The standard InChI is InChI=1S/C7H18N2O2S/c1-4-5-12(10,11)9(3)7(2)6-8/h7H,4-6,8H2,1-3H3. The van der Waals surface area contributed by atoms with E-state index >= 15 is 0 Å². The molecule has 1 unspecified atom stereocenters. The smallest absolute Gasteiger partial charge is 0.214 e. The van der Waals surface area contributed by atoms with E-state index in [9.17, 15) is 8.42 Å². The molecule has 0 radical (unpaired) electrons. The van der Waals surface area contributed by atoms with Crippen molar-refractivity contribution in [3.8, 4) is 0 Å². The second-order valence-electron chi connectivity index (χ2n) is 2.92. The van der Waals surface area contributed by atoms with E-state index in [1.54, 1.807) is 14.0 Å². The molecule has 0 aliphatic heterocycles. The lowest BCUT2D eigenvalue weighted by atomic mass is 10.4. The lowest BCUT2D eigenvalue weighted by Crippen LogP contribution is -2.40. The molecule has 0 rings (SSSR count). The zero-order chi connectivity index (χ0) is 9.78. The van der Waals surface area contributed by atoms with Gasteiger partial charge in [0.2, 0.25) is 10.0 Å². The highest BCUT2D eigenvalue weighted by Crippen LogP contribution is 2.04. The fourth-order valence-corrected chi connectivity index (χ4v) is 2.26. The van der Waals surface area contributed by atoms with Gasteiger partial charge in [0.15, 0.2) is 0 Å². The van der Waals surface area contributed by atoms with Crippen molar-refractivity contribution in [3.05, 3.63) is 0 Å². The van der Waals surface area contributed by atoms with Crippen LogP contribution in [0.15, 0.2) is 0 Å². The van der Waals surface area contributed by atoms with E-state index in [2.05, 4.69) is 0 Å². The van der Waals surface area contributed by atoms with Crippen molar-refractivity contribution in [1.82, 2.24) is 4.31 Å². The van der Waals surface area contributed by atoms with Crippen LogP contribution in [0.5, 0.6) is 0 Å². The fourth-order valence-electron chi connectivity index (χ4n) is 0.825. The summed E-state index contributed by atoms with van der Waals surface area (Å²) in [7, 11) is -1.50. The Kier molecular flexibility index (Phi) is 4.74. The third kappa shape index (κ3) is 3.08. The predicted molar refractivity (Wildman–Crippen MR) is 50.4 cm³/mol. The molecule has 0 saturated heterocycles. The SMILES string of the molecule is CCCS(=O)(=O)N(C)C(C)CN. The van der Waals surface area contributed by atoms with Crippen LogP contribution in [0.4, 0.5) is 0 Å². The first kappa shape index (κ1) is 11.9. The van der Waals surface area contributed by atoms with E-state index < -0.39 is 10.0 Å². The Morgan fingerprint density at radius 1 is 1.50 bits per heavy atom.